The second kappa shape index (κ2) is 4.01. The fraction of sp³-hybridized carbons (Fsp3) is 0.889. The van der Waals surface area contributed by atoms with Gasteiger partial charge in [-0.25, -0.2) is 0 Å². The third kappa shape index (κ3) is 2.29. The van der Waals surface area contributed by atoms with Crippen molar-refractivity contribution in [2.24, 2.45) is 5.92 Å². The topological polar surface area (TPSA) is 35.5 Å². The maximum Gasteiger partial charge on any atom is 0.161 e. The number of rotatable bonds is 3. The summed E-state index contributed by atoms with van der Waals surface area (Å²) in [6, 6.07) is 0. The van der Waals surface area contributed by atoms with Crippen molar-refractivity contribution < 1.29 is 14.3 Å². The second-order valence-electron chi connectivity index (χ2n) is 3.58. The van der Waals surface area contributed by atoms with E-state index >= 15 is 0 Å². The van der Waals surface area contributed by atoms with Gasteiger partial charge in [-0.2, -0.15) is 0 Å². The predicted molar refractivity (Wildman–Crippen MR) is 44.7 cm³/mol. The summed E-state index contributed by atoms with van der Waals surface area (Å²) in [5.41, 5.74) is 0. The van der Waals surface area contributed by atoms with Crippen molar-refractivity contribution >= 4 is 6.29 Å². The molecule has 0 aromatic rings. The lowest BCUT2D eigenvalue weighted by atomic mass is 10.1. The van der Waals surface area contributed by atoms with Gasteiger partial charge >= 0.3 is 0 Å². The standard InChI is InChI=1S/C9H16O3/c1-6(2)11-9-7(3)4-8(5-10)12-9/h5-9H,4H2,1-3H3. The molecule has 1 rings (SSSR count). The molecular weight excluding hydrogens is 156 g/mol. The molecule has 3 nitrogen and oxygen atoms in total. The van der Waals surface area contributed by atoms with Crippen molar-refractivity contribution in [1.29, 1.82) is 0 Å². The Bertz CT molecular complexity index is 156. The molecule has 1 fully saturated rings. The van der Waals surface area contributed by atoms with E-state index < -0.39 is 0 Å². The molecule has 3 atom stereocenters. The molecule has 12 heavy (non-hydrogen) atoms. The largest absolute Gasteiger partial charge is 0.350 e. The maximum absolute atomic E-state index is 10.4. The van der Waals surface area contributed by atoms with Crippen LogP contribution in [0.5, 0.6) is 0 Å². The summed E-state index contributed by atoms with van der Waals surface area (Å²) in [4.78, 5) is 10.4. The second-order valence-corrected chi connectivity index (χ2v) is 3.58. The molecule has 0 saturated carbocycles. The zero-order valence-electron chi connectivity index (χ0n) is 7.82. The summed E-state index contributed by atoms with van der Waals surface area (Å²) < 4.78 is 10.8. The minimum atomic E-state index is -0.260. The van der Waals surface area contributed by atoms with Crippen LogP contribution in [0.4, 0.5) is 0 Å². The highest BCUT2D eigenvalue weighted by molar-refractivity contribution is 5.56. The first kappa shape index (κ1) is 9.68. The van der Waals surface area contributed by atoms with Crippen LogP contribution in [-0.4, -0.2) is 24.8 Å². The molecule has 3 heteroatoms. The van der Waals surface area contributed by atoms with Crippen molar-refractivity contribution in [2.45, 2.75) is 45.7 Å². The Morgan fingerprint density at radius 1 is 1.58 bits per heavy atom. The van der Waals surface area contributed by atoms with Crippen LogP contribution in [0.2, 0.25) is 0 Å². The van der Waals surface area contributed by atoms with Crippen LogP contribution in [0.25, 0.3) is 0 Å². The van der Waals surface area contributed by atoms with E-state index in [0.717, 1.165) is 12.7 Å². The van der Waals surface area contributed by atoms with E-state index in [4.69, 9.17) is 9.47 Å². The molecule has 1 aliphatic heterocycles. The summed E-state index contributed by atoms with van der Waals surface area (Å²) in [5.74, 6) is 0.322. The predicted octanol–water partition coefficient (Wildman–Crippen LogP) is 1.36. The number of carbonyl (C=O) groups excluding carboxylic acids is 1. The fourth-order valence-corrected chi connectivity index (χ4v) is 1.36. The zero-order valence-corrected chi connectivity index (χ0v) is 7.82. The molecule has 0 bridgehead atoms. The average Bonchev–Trinajstić information content (AvgIpc) is 2.31. The van der Waals surface area contributed by atoms with Crippen LogP contribution in [0.1, 0.15) is 27.2 Å². The van der Waals surface area contributed by atoms with Gasteiger partial charge in [-0.1, -0.05) is 6.92 Å². The normalized spacial score (nSPS) is 35.8. The Kier molecular flexibility index (Phi) is 3.23. The van der Waals surface area contributed by atoms with Gasteiger partial charge in [0.1, 0.15) is 12.4 Å². The van der Waals surface area contributed by atoms with Crippen molar-refractivity contribution in [3.05, 3.63) is 0 Å². The van der Waals surface area contributed by atoms with Crippen molar-refractivity contribution in [2.75, 3.05) is 0 Å². The third-order valence-electron chi connectivity index (χ3n) is 1.94. The van der Waals surface area contributed by atoms with Crippen LogP contribution in [0.15, 0.2) is 0 Å². The molecule has 0 amide bonds. The van der Waals surface area contributed by atoms with E-state index in [2.05, 4.69) is 0 Å². The van der Waals surface area contributed by atoms with Gasteiger partial charge in [0.15, 0.2) is 6.29 Å². The highest BCUT2D eigenvalue weighted by atomic mass is 16.7. The van der Waals surface area contributed by atoms with Gasteiger partial charge in [0, 0.05) is 5.92 Å². The molecule has 0 aliphatic carbocycles. The van der Waals surface area contributed by atoms with E-state index in [-0.39, 0.29) is 18.5 Å². The minimum Gasteiger partial charge on any atom is -0.350 e. The number of hydrogen-bond donors (Lipinski definition) is 0. The van der Waals surface area contributed by atoms with Crippen LogP contribution in [0, 0.1) is 5.92 Å². The first-order chi connectivity index (χ1) is 5.63. The maximum atomic E-state index is 10.4. The van der Waals surface area contributed by atoms with Gasteiger partial charge in [0.2, 0.25) is 0 Å². The molecule has 0 aromatic heterocycles. The molecule has 0 N–H and O–H groups in total. The quantitative estimate of drug-likeness (QED) is 0.603. The van der Waals surface area contributed by atoms with Crippen molar-refractivity contribution in [3.8, 4) is 0 Å². The highest BCUT2D eigenvalue weighted by Gasteiger charge is 2.32. The molecule has 0 radical (unpaired) electrons. The van der Waals surface area contributed by atoms with E-state index in [0.29, 0.717) is 5.92 Å². The summed E-state index contributed by atoms with van der Waals surface area (Å²) in [7, 11) is 0. The third-order valence-corrected chi connectivity index (χ3v) is 1.94. The number of aldehydes is 1. The molecule has 1 heterocycles. The summed E-state index contributed by atoms with van der Waals surface area (Å²) in [6.45, 7) is 5.96. The van der Waals surface area contributed by atoms with Gasteiger partial charge in [-0.3, -0.25) is 0 Å². The first-order valence-corrected chi connectivity index (χ1v) is 4.39. The Morgan fingerprint density at radius 3 is 2.67 bits per heavy atom. The Morgan fingerprint density at radius 2 is 2.25 bits per heavy atom. The van der Waals surface area contributed by atoms with Gasteiger partial charge in [-0.15, -0.1) is 0 Å². The van der Waals surface area contributed by atoms with Gasteiger partial charge in [0.05, 0.1) is 6.10 Å². The summed E-state index contributed by atoms with van der Waals surface area (Å²) in [5, 5.41) is 0. The lowest BCUT2D eigenvalue weighted by Gasteiger charge is -2.18. The molecule has 0 aromatic carbocycles. The first-order valence-electron chi connectivity index (χ1n) is 4.39. The van der Waals surface area contributed by atoms with E-state index in [1.54, 1.807) is 0 Å². The molecule has 70 valence electrons. The Hall–Kier alpha value is -0.410. The summed E-state index contributed by atoms with van der Waals surface area (Å²) >= 11 is 0. The smallest absolute Gasteiger partial charge is 0.161 e. The summed E-state index contributed by atoms with van der Waals surface area (Å²) in [6.07, 6.45) is 1.33. The van der Waals surface area contributed by atoms with Crippen molar-refractivity contribution in [1.82, 2.24) is 0 Å². The molecular formula is C9H16O3. The van der Waals surface area contributed by atoms with Crippen molar-refractivity contribution in [3.63, 3.8) is 0 Å². The Labute approximate surface area is 73.0 Å². The SMILES string of the molecule is CC(C)OC1OC(C=O)CC1C. The average molecular weight is 172 g/mol. The zero-order chi connectivity index (χ0) is 9.14. The lowest BCUT2D eigenvalue weighted by molar-refractivity contribution is -0.168. The Balaban J connectivity index is 2.40. The van der Waals surface area contributed by atoms with Crippen LogP contribution >= 0.6 is 0 Å². The van der Waals surface area contributed by atoms with Crippen LogP contribution < -0.4 is 0 Å². The molecule has 0 spiro atoms. The van der Waals surface area contributed by atoms with E-state index in [1.807, 2.05) is 20.8 Å². The molecule has 1 saturated heterocycles. The lowest BCUT2D eigenvalue weighted by Crippen LogP contribution is -2.22. The monoisotopic (exact) mass is 172 g/mol. The number of hydrogen-bond acceptors (Lipinski definition) is 3. The van der Waals surface area contributed by atoms with E-state index in [1.165, 1.54) is 0 Å². The van der Waals surface area contributed by atoms with Gasteiger partial charge < -0.3 is 14.3 Å². The molecule has 1 aliphatic rings. The van der Waals surface area contributed by atoms with Crippen LogP contribution in [0.3, 0.4) is 0 Å². The highest BCUT2D eigenvalue weighted by Crippen LogP contribution is 2.26. The van der Waals surface area contributed by atoms with Crippen LogP contribution in [-0.2, 0) is 14.3 Å². The molecule has 3 unspecified atom stereocenters. The fourth-order valence-electron chi connectivity index (χ4n) is 1.36. The van der Waals surface area contributed by atoms with E-state index in [9.17, 15) is 4.79 Å². The van der Waals surface area contributed by atoms with Gasteiger partial charge in [0.25, 0.3) is 0 Å². The van der Waals surface area contributed by atoms with Gasteiger partial charge in [-0.05, 0) is 20.3 Å². The minimum absolute atomic E-state index is 0.155. The number of ether oxygens (including phenoxy) is 2. The number of carbonyl (C=O) groups is 1.